The van der Waals surface area contributed by atoms with Crippen molar-refractivity contribution in [2.75, 3.05) is 12.3 Å². The molecule has 4 aromatic rings. The zero-order valence-corrected chi connectivity index (χ0v) is 29.7. The molecule has 0 atom stereocenters. The maximum Gasteiger partial charge on any atom is 2.00 e. The first-order valence-electron chi connectivity index (χ1n) is 14.5. The Morgan fingerprint density at radius 1 is 0.458 bits per heavy atom. The van der Waals surface area contributed by atoms with Crippen molar-refractivity contribution in [2.24, 2.45) is 0 Å². The molecule has 15 heteroatoms. The molecule has 4 rings (SSSR count). The fraction of sp³-hybridized carbons (Fsp3) is 0.212. The molecule has 0 saturated heterocycles. The zero-order valence-electron chi connectivity index (χ0n) is 26.4. The van der Waals surface area contributed by atoms with Gasteiger partial charge in [0, 0.05) is 12.8 Å². The van der Waals surface area contributed by atoms with Crippen LogP contribution in [0.25, 0.3) is 0 Å². The topological polar surface area (TPSA) is 47.6 Å². The predicted molar refractivity (Wildman–Crippen MR) is 185 cm³/mol. The molecule has 0 unspecified atom stereocenters. The van der Waals surface area contributed by atoms with Gasteiger partial charge >= 0.3 is 34.9 Å². The average Bonchev–Trinajstić information content (AvgIpc) is 3.05. The molecule has 0 fully saturated rings. The van der Waals surface area contributed by atoms with Crippen LogP contribution in [0.4, 0.5) is 34.5 Å². The van der Waals surface area contributed by atoms with E-state index in [1.807, 2.05) is 26.0 Å². The van der Waals surface area contributed by atoms with E-state index in [9.17, 15) is 34.5 Å². The second-order valence-electron chi connectivity index (χ2n) is 9.01. The van der Waals surface area contributed by atoms with E-state index in [0.717, 1.165) is 0 Å². The van der Waals surface area contributed by atoms with Crippen LogP contribution in [0.2, 0.25) is 0 Å². The van der Waals surface area contributed by atoms with Crippen molar-refractivity contribution in [3.63, 3.8) is 0 Å². The van der Waals surface area contributed by atoms with Gasteiger partial charge in [0.25, 0.3) is 0 Å². The average molecular weight is 803 g/mol. The summed E-state index contributed by atoms with van der Waals surface area (Å²) in [5.41, 5.74) is 0. The minimum atomic E-state index is -6.00. The second kappa shape index (κ2) is 27.9. The Bertz CT molecular complexity index is 1210. The summed E-state index contributed by atoms with van der Waals surface area (Å²) in [5, 5.41) is 21.2. The summed E-state index contributed by atoms with van der Waals surface area (Å²) in [7, 11) is -12.6. The summed E-state index contributed by atoms with van der Waals surface area (Å²) in [4.78, 5) is 0. The summed E-state index contributed by atoms with van der Waals surface area (Å²) >= 11 is 0. The summed E-state index contributed by atoms with van der Waals surface area (Å²) in [6.07, 6.45) is 4.97. The van der Waals surface area contributed by atoms with E-state index >= 15 is 0 Å². The molecule has 260 valence electrons. The molecule has 0 aliphatic rings. The van der Waals surface area contributed by atoms with E-state index in [-0.39, 0.29) is 36.3 Å². The number of nitriles is 2. The van der Waals surface area contributed by atoms with Gasteiger partial charge in [0.15, 0.2) is 0 Å². The molecule has 0 saturated carbocycles. The van der Waals surface area contributed by atoms with Crippen LogP contribution < -0.4 is 21.2 Å². The van der Waals surface area contributed by atoms with Crippen LogP contribution in [0.1, 0.15) is 33.1 Å². The van der Waals surface area contributed by atoms with Crippen molar-refractivity contribution in [3.8, 4) is 12.1 Å². The van der Waals surface area contributed by atoms with Gasteiger partial charge in [-0.25, -0.2) is 0 Å². The van der Waals surface area contributed by atoms with Crippen LogP contribution in [0.3, 0.4) is 0 Å². The third-order valence-electron chi connectivity index (χ3n) is 5.35. The van der Waals surface area contributed by atoms with Gasteiger partial charge in [-0.3, -0.25) is 0 Å². The minimum Gasteiger partial charge on any atom is -0.418 e. The first-order valence-corrected chi connectivity index (χ1v) is 17.5. The van der Waals surface area contributed by atoms with E-state index in [1.54, 1.807) is 0 Å². The monoisotopic (exact) mass is 802 g/mol. The standard InChI is InChI=1S/C27H26P2.2C3H5N.2BF4.Pd/c1-5-14-24(15-6-1)28(25-16-7-2-8-17-25)22-13-23-29(26-18-9-3-10-19-26)27-20-11-4-12-21-27;2*1-2-3-4;2*2-1(3,4)5;/h1-12,14-21H,13,22-23H2;2*2H2,1H3;;;/q;;;2*-1;+2. The second-order valence-corrected chi connectivity index (χ2v) is 13.7. The molecule has 0 heterocycles. The van der Waals surface area contributed by atoms with Gasteiger partial charge in [0.05, 0.1) is 12.1 Å². The third kappa shape index (κ3) is 27.0. The Labute approximate surface area is 295 Å². The van der Waals surface area contributed by atoms with E-state index in [2.05, 4.69) is 121 Å². The van der Waals surface area contributed by atoms with Gasteiger partial charge < -0.3 is 34.5 Å². The molecule has 0 N–H and O–H groups in total. The summed E-state index contributed by atoms with van der Waals surface area (Å²) in [6.45, 7) is 3.64. The first kappa shape index (κ1) is 47.1. The van der Waals surface area contributed by atoms with Crippen LogP contribution in [-0.2, 0) is 20.4 Å². The van der Waals surface area contributed by atoms with Crippen molar-refractivity contribution in [1.29, 1.82) is 10.5 Å². The van der Waals surface area contributed by atoms with E-state index in [4.69, 9.17) is 10.5 Å². The van der Waals surface area contributed by atoms with E-state index < -0.39 is 14.5 Å². The Hall–Kier alpha value is -3.05. The maximum absolute atomic E-state index is 9.75. The van der Waals surface area contributed by atoms with Crippen molar-refractivity contribution < 1.29 is 54.9 Å². The molecular formula is C33H36B2F8N2P2Pd. The van der Waals surface area contributed by atoms with Crippen molar-refractivity contribution in [2.45, 2.75) is 33.1 Å². The maximum atomic E-state index is 9.75. The molecule has 0 radical (unpaired) electrons. The molecule has 0 aromatic heterocycles. The van der Waals surface area contributed by atoms with Crippen molar-refractivity contribution >= 4 is 51.6 Å². The molecule has 0 aliphatic carbocycles. The molecule has 0 aliphatic heterocycles. The molecule has 0 amide bonds. The predicted octanol–water partition coefficient (Wildman–Crippen LogP) is 10.1. The van der Waals surface area contributed by atoms with Gasteiger partial charge in [-0.2, -0.15) is 10.5 Å². The van der Waals surface area contributed by atoms with Gasteiger partial charge in [-0.05, 0) is 55.8 Å². The van der Waals surface area contributed by atoms with Crippen LogP contribution in [0.5, 0.6) is 0 Å². The SMILES string of the molecule is CCC#N.CCC#N.F[B-](F)(F)F.F[B-](F)(F)F.[Pd+2].c1ccc(P(CCCP(c2ccccc2)c2ccccc2)c2ccccc2)cc1. The summed E-state index contributed by atoms with van der Waals surface area (Å²) in [6, 6.07) is 48.1. The van der Waals surface area contributed by atoms with Crippen molar-refractivity contribution in [1.82, 2.24) is 0 Å². The van der Waals surface area contributed by atoms with Gasteiger partial charge in [0.1, 0.15) is 0 Å². The van der Waals surface area contributed by atoms with Crippen LogP contribution in [0.15, 0.2) is 121 Å². The number of rotatable bonds is 8. The summed E-state index contributed by atoms with van der Waals surface area (Å²) in [5.74, 6) is 0. The molecule has 0 bridgehead atoms. The first-order chi connectivity index (χ1) is 22.2. The Kier molecular flexibility index (Phi) is 27.3. The largest absolute Gasteiger partial charge is 2.00 e. The number of nitrogens with zero attached hydrogens (tertiary/aromatic N) is 2. The van der Waals surface area contributed by atoms with Crippen LogP contribution >= 0.6 is 15.8 Å². The molecule has 2 nitrogen and oxygen atoms in total. The van der Waals surface area contributed by atoms with Crippen molar-refractivity contribution in [3.05, 3.63) is 121 Å². The van der Waals surface area contributed by atoms with E-state index in [1.165, 1.54) is 40.0 Å². The smallest absolute Gasteiger partial charge is 0.418 e. The Balaban J connectivity index is 0. The molecule has 0 spiro atoms. The third-order valence-corrected chi connectivity index (χ3v) is 10.6. The zero-order chi connectivity index (χ0) is 35.6. The summed E-state index contributed by atoms with van der Waals surface area (Å²) < 4.78 is 78.0. The number of halogens is 8. The molecule has 4 aromatic carbocycles. The quantitative estimate of drug-likeness (QED) is 0.101. The van der Waals surface area contributed by atoms with E-state index in [0.29, 0.717) is 12.8 Å². The molecule has 48 heavy (non-hydrogen) atoms. The minimum absolute atomic E-state index is 0. The Morgan fingerprint density at radius 3 is 0.771 bits per heavy atom. The number of benzene rings is 4. The molecular weight excluding hydrogens is 766 g/mol. The fourth-order valence-corrected chi connectivity index (χ4v) is 8.59. The number of hydrogen-bond acceptors (Lipinski definition) is 2. The normalized spacial score (nSPS) is 10.0. The van der Waals surface area contributed by atoms with Gasteiger partial charge in [-0.15, -0.1) is 0 Å². The van der Waals surface area contributed by atoms with Gasteiger partial charge in [-0.1, -0.05) is 135 Å². The van der Waals surface area contributed by atoms with Crippen LogP contribution in [-0.4, -0.2) is 26.8 Å². The number of hydrogen-bond donors (Lipinski definition) is 0. The Morgan fingerprint density at radius 2 is 0.625 bits per heavy atom. The fourth-order valence-electron chi connectivity index (χ4n) is 3.63. The van der Waals surface area contributed by atoms with Crippen LogP contribution in [0, 0.1) is 22.7 Å². The van der Waals surface area contributed by atoms with Gasteiger partial charge in [0.2, 0.25) is 0 Å².